The van der Waals surface area contributed by atoms with E-state index in [-0.39, 0.29) is 29.7 Å². The summed E-state index contributed by atoms with van der Waals surface area (Å²) in [5, 5.41) is 3.11. The molecule has 3 atom stereocenters. The number of hydrogen-bond acceptors (Lipinski definition) is 5. The lowest BCUT2D eigenvalue weighted by molar-refractivity contribution is -0.147. The van der Waals surface area contributed by atoms with Gasteiger partial charge in [0.1, 0.15) is 0 Å². The number of aromatic nitrogens is 1. The van der Waals surface area contributed by atoms with Crippen molar-refractivity contribution in [1.82, 2.24) is 20.1 Å². The summed E-state index contributed by atoms with van der Waals surface area (Å²) in [6.45, 7) is 7.00. The second-order valence-electron chi connectivity index (χ2n) is 12.5. The van der Waals surface area contributed by atoms with E-state index in [1.54, 1.807) is 12.3 Å². The molecule has 1 aromatic heterocycles. The maximum absolute atomic E-state index is 13.9. The minimum absolute atomic E-state index is 0.156. The Labute approximate surface area is 247 Å². The molecule has 7 nitrogen and oxygen atoms in total. The predicted molar refractivity (Wildman–Crippen MR) is 166 cm³/mol. The molecule has 2 aliphatic rings. The summed E-state index contributed by atoms with van der Waals surface area (Å²) >= 11 is 0. The van der Waals surface area contributed by atoms with E-state index < -0.39 is 0 Å². The summed E-state index contributed by atoms with van der Waals surface area (Å²) in [4.78, 5) is 36.1. The Morgan fingerprint density at radius 3 is 2.46 bits per heavy atom. The van der Waals surface area contributed by atoms with Crippen molar-refractivity contribution in [2.24, 2.45) is 17.6 Å². The third-order valence-electron chi connectivity index (χ3n) is 9.11. The number of rotatable bonds is 9. The highest BCUT2D eigenvalue weighted by Crippen LogP contribution is 2.33. The fraction of sp³-hybridized carbons (Fsp3) is 0.618. The summed E-state index contributed by atoms with van der Waals surface area (Å²) in [6, 6.07) is 12.4. The van der Waals surface area contributed by atoms with Gasteiger partial charge in [0.15, 0.2) is 0 Å². The molecule has 1 aromatic carbocycles. The van der Waals surface area contributed by atoms with Gasteiger partial charge >= 0.3 is 0 Å². The van der Waals surface area contributed by atoms with E-state index in [4.69, 9.17) is 5.73 Å². The molecule has 2 aromatic rings. The van der Waals surface area contributed by atoms with Gasteiger partial charge in [0.2, 0.25) is 5.91 Å². The largest absolute Gasteiger partial charge is 0.351 e. The van der Waals surface area contributed by atoms with Gasteiger partial charge in [0.25, 0.3) is 5.91 Å². The van der Waals surface area contributed by atoms with Crippen LogP contribution < -0.4 is 11.1 Å². The number of benzene rings is 1. The molecule has 2 fully saturated rings. The van der Waals surface area contributed by atoms with Crippen molar-refractivity contribution in [3.05, 3.63) is 53.7 Å². The lowest BCUT2D eigenvalue weighted by atomic mass is 9.81. The molecule has 0 radical (unpaired) electrons. The van der Waals surface area contributed by atoms with Gasteiger partial charge in [-0.2, -0.15) is 0 Å². The van der Waals surface area contributed by atoms with Crippen LogP contribution in [0.3, 0.4) is 0 Å². The standard InChI is InChI=1S/C34H51N5O2/c1-25-20-26(2)39(30-14-9-7-5-4-6-8-10-15-30)34(41)31(25)23-37-33(40)29-16-18-36-32(22-29)28-13-11-12-27(21-28)24-38(3)19-17-35/h11-13,16,18,21-22,25-26,30-31H,4-10,14-15,17,19-20,23-24,35H2,1-3H3,(H,37,40). The number of nitrogens with zero attached hydrogens (tertiary/aromatic N) is 3. The second kappa shape index (κ2) is 15.5. The number of nitrogens with two attached hydrogens (primary N) is 1. The summed E-state index contributed by atoms with van der Waals surface area (Å²) in [6.07, 6.45) is 13.8. The first-order chi connectivity index (χ1) is 19.9. The monoisotopic (exact) mass is 561 g/mol. The van der Waals surface area contributed by atoms with Gasteiger partial charge in [-0.25, -0.2) is 0 Å². The second-order valence-corrected chi connectivity index (χ2v) is 12.5. The minimum atomic E-state index is -0.186. The van der Waals surface area contributed by atoms with Crippen LogP contribution >= 0.6 is 0 Å². The zero-order valence-electron chi connectivity index (χ0n) is 25.5. The highest BCUT2D eigenvalue weighted by molar-refractivity contribution is 5.95. The van der Waals surface area contributed by atoms with Gasteiger partial charge in [-0.1, -0.05) is 70.1 Å². The van der Waals surface area contributed by atoms with Crippen molar-refractivity contribution < 1.29 is 9.59 Å². The molecule has 1 saturated carbocycles. The fourth-order valence-corrected chi connectivity index (χ4v) is 6.84. The minimum Gasteiger partial charge on any atom is -0.351 e. The molecule has 41 heavy (non-hydrogen) atoms. The van der Waals surface area contributed by atoms with Crippen LogP contribution in [-0.2, 0) is 11.3 Å². The van der Waals surface area contributed by atoms with Crippen LogP contribution in [0, 0.1) is 11.8 Å². The summed E-state index contributed by atoms with van der Waals surface area (Å²) in [7, 11) is 2.06. The Morgan fingerprint density at radius 1 is 1.05 bits per heavy atom. The molecule has 1 saturated heterocycles. The van der Waals surface area contributed by atoms with Gasteiger partial charge in [-0.15, -0.1) is 0 Å². The first kappa shape index (κ1) is 31.2. The molecule has 1 aliphatic carbocycles. The maximum Gasteiger partial charge on any atom is 0.251 e. The molecule has 1 aliphatic heterocycles. The Hall–Kier alpha value is -2.77. The van der Waals surface area contributed by atoms with Gasteiger partial charge in [0, 0.05) is 55.6 Å². The molecule has 7 heteroatoms. The number of likely N-dealkylation sites (N-methyl/N-ethyl adjacent to an activating group) is 1. The predicted octanol–water partition coefficient (Wildman–Crippen LogP) is 5.64. The van der Waals surface area contributed by atoms with E-state index in [0.29, 0.717) is 24.7 Å². The van der Waals surface area contributed by atoms with Crippen molar-refractivity contribution in [2.45, 2.75) is 96.7 Å². The van der Waals surface area contributed by atoms with Crippen molar-refractivity contribution >= 4 is 11.8 Å². The number of pyridine rings is 1. The number of piperidine rings is 1. The van der Waals surface area contributed by atoms with Gasteiger partial charge in [-0.3, -0.25) is 14.6 Å². The number of hydrogen-bond donors (Lipinski definition) is 2. The van der Waals surface area contributed by atoms with Crippen LogP contribution in [0.2, 0.25) is 0 Å². The molecule has 2 amide bonds. The Balaban J connectivity index is 1.41. The first-order valence-electron chi connectivity index (χ1n) is 15.9. The summed E-state index contributed by atoms with van der Waals surface area (Å²) in [5.41, 5.74) is 9.17. The molecule has 2 heterocycles. The Morgan fingerprint density at radius 2 is 1.76 bits per heavy atom. The zero-order valence-corrected chi connectivity index (χ0v) is 25.5. The quantitative estimate of drug-likeness (QED) is 0.414. The average molecular weight is 562 g/mol. The van der Waals surface area contributed by atoms with Crippen LogP contribution in [0.15, 0.2) is 42.6 Å². The Bertz CT molecular complexity index is 1130. The summed E-state index contributed by atoms with van der Waals surface area (Å²) < 4.78 is 0. The van der Waals surface area contributed by atoms with E-state index in [9.17, 15) is 9.59 Å². The van der Waals surface area contributed by atoms with Gasteiger partial charge in [-0.05, 0) is 62.9 Å². The number of likely N-dealkylation sites (tertiary alicyclic amines) is 1. The molecular weight excluding hydrogens is 510 g/mol. The van der Waals surface area contributed by atoms with E-state index >= 15 is 0 Å². The van der Waals surface area contributed by atoms with Crippen LogP contribution in [0.5, 0.6) is 0 Å². The van der Waals surface area contributed by atoms with E-state index in [1.165, 1.54) is 50.5 Å². The van der Waals surface area contributed by atoms with Crippen molar-refractivity contribution in [1.29, 1.82) is 0 Å². The molecular formula is C34H51N5O2. The molecule has 0 bridgehead atoms. The fourth-order valence-electron chi connectivity index (χ4n) is 6.84. The first-order valence-corrected chi connectivity index (χ1v) is 15.9. The van der Waals surface area contributed by atoms with E-state index in [1.807, 2.05) is 18.2 Å². The zero-order chi connectivity index (χ0) is 29.2. The third kappa shape index (κ3) is 8.62. The molecule has 3 N–H and O–H groups in total. The third-order valence-corrected chi connectivity index (χ3v) is 9.11. The van der Waals surface area contributed by atoms with Crippen molar-refractivity contribution in [3.8, 4) is 11.3 Å². The Kier molecular flexibility index (Phi) is 11.8. The van der Waals surface area contributed by atoms with E-state index in [2.05, 4.69) is 53.1 Å². The van der Waals surface area contributed by atoms with Crippen LogP contribution in [0.4, 0.5) is 0 Å². The highest BCUT2D eigenvalue weighted by Gasteiger charge is 2.40. The lowest BCUT2D eigenvalue weighted by Gasteiger charge is -2.45. The number of amides is 2. The highest BCUT2D eigenvalue weighted by atomic mass is 16.2. The number of carbonyl (C=O) groups is 2. The lowest BCUT2D eigenvalue weighted by Crippen LogP contribution is -2.56. The van der Waals surface area contributed by atoms with Gasteiger partial charge in [0.05, 0.1) is 11.6 Å². The molecule has 224 valence electrons. The summed E-state index contributed by atoms with van der Waals surface area (Å²) in [5.74, 6) is 0.123. The molecule has 4 rings (SSSR count). The number of carbonyl (C=O) groups excluding carboxylic acids is 2. The smallest absolute Gasteiger partial charge is 0.251 e. The van der Waals surface area contributed by atoms with Gasteiger partial charge < -0.3 is 20.9 Å². The normalized spacial score (nSPS) is 23.0. The van der Waals surface area contributed by atoms with Crippen LogP contribution in [0.25, 0.3) is 11.3 Å². The van der Waals surface area contributed by atoms with Crippen LogP contribution in [0.1, 0.15) is 94.0 Å². The molecule has 3 unspecified atom stereocenters. The SMILES string of the molecule is CC1CC(C)N(C2CCCCCCCCC2)C(=O)C1CNC(=O)c1ccnc(-c2cccc(CN(C)CCN)c2)c1. The number of nitrogens with one attached hydrogen (secondary N) is 1. The van der Waals surface area contributed by atoms with Crippen LogP contribution in [-0.4, -0.2) is 65.4 Å². The average Bonchev–Trinajstić information content (AvgIpc) is 2.96. The van der Waals surface area contributed by atoms with Crippen molar-refractivity contribution in [2.75, 3.05) is 26.7 Å². The maximum atomic E-state index is 13.9. The molecule has 0 spiro atoms. The topological polar surface area (TPSA) is 91.6 Å². The van der Waals surface area contributed by atoms with Crippen molar-refractivity contribution in [3.63, 3.8) is 0 Å². The van der Waals surface area contributed by atoms with E-state index in [0.717, 1.165) is 43.6 Å².